The molecule has 3 rings (SSSR count). The summed E-state index contributed by atoms with van der Waals surface area (Å²) in [5, 5.41) is 5.94. The average Bonchev–Trinajstić information content (AvgIpc) is 2.54. The van der Waals surface area contributed by atoms with E-state index in [2.05, 4.69) is 10.6 Å². The van der Waals surface area contributed by atoms with E-state index in [1.54, 1.807) is 0 Å². The lowest BCUT2D eigenvalue weighted by atomic mass is 9.65. The van der Waals surface area contributed by atoms with Crippen LogP contribution in [0.2, 0.25) is 0 Å². The van der Waals surface area contributed by atoms with E-state index >= 15 is 0 Å². The van der Waals surface area contributed by atoms with Crippen LogP contribution in [-0.4, -0.2) is 17.9 Å². The molecular formula is C20H29N3O2. The summed E-state index contributed by atoms with van der Waals surface area (Å²) in [5.41, 5.74) is 8.08. The third kappa shape index (κ3) is 4.21. The molecule has 2 fully saturated rings. The summed E-state index contributed by atoms with van der Waals surface area (Å²) < 4.78 is 0. The standard InChI is InChI=1S/C20H29N3O2/c1-12(14-5-4-8-18(11-14)23-13(2)24)22-20(25)17-9-15-6-3-7-16(10-17)19(15)21/h4-5,8,11-12,15-17,19H,3,6-7,9-10,21H2,1-2H3,(H,22,25)(H,23,24). The van der Waals surface area contributed by atoms with Crippen molar-refractivity contribution in [2.75, 3.05) is 5.32 Å². The predicted molar refractivity (Wildman–Crippen MR) is 98.8 cm³/mol. The zero-order chi connectivity index (χ0) is 18.0. The number of nitrogens with one attached hydrogen (secondary N) is 2. The highest BCUT2D eigenvalue weighted by Crippen LogP contribution is 2.42. The topological polar surface area (TPSA) is 84.2 Å². The highest BCUT2D eigenvalue weighted by molar-refractivity contribution is 5.88. The molecule has 0 heterocycles. The Morgan fingerprint density at radius 2 is 1.88 bits per heavy atom. The van der Waals surface area contributed by atoms with E-state index in [9.17, 15) is 9.59 Å². The van der Waals surface area contributed by atoms with Crippen molar-refractivity contribution in [2.24, 2.45) is 23.5 Å². The Kier molecular flexibility index (Phi) is 5.42. The van der Waals surface area contributed by atoms with E-state index in [0.717, 1.165) is 36.9 Å². The molecule has 3 atom stereocenters. The number of fused-ring (bicyclic) bond motifs is 2. The molecule has 2 amide bonds. The molecule has 0 saturated heterocycles. The third-order valence-electron chi connectivity index (χ3n) is 5.85. The van der Waals surface area contributed by atoms with Gasteiger partial charge in [0.15, 0.2) is 0 Å². The maximum absolute atomic E-state index is 12.8. The summed E-state index contributed by atoms with van der Waals surface area (Å²) in [6.07, 6.45) is 5.42. The number of carbonyl (C=O) groups is 2. The van der Waals surface area contributed by atoms with Gasteiger partial charge in [-0.15, -0.1) is 0 Å². The van der Waals surface area contributed by atoms with Gasteiger partial charge in [-0.05, 0) is 62.1 Å². The van der Waals surface area contributed by atoms with Gasteiger partial charge in [-0.1, -0.05) is 18.6 Å². The molecule has 5 heteroatoms. The fourth-order valence-corrected chi connectivity index (χ4v) is 4.51. The largest absolute Gasteiger partial charge is 0.349 e. The minimum Gasteiger partial charge on any atom is -0.349 e. The molecule has 0 radical (unpaired) electrons. The molecule has 5 nitrogen and oxygen atoms in total. The number of amides is 2. The van der Waals surface area contributed by atoms with Crippen LogP contribution in [0.4, 0.5) is 5.69 Å². The minimum absolute atomic E-state index is 0.0797. The number of carbonyl (C=O) groups excluding carboxylic acids is 2. The smallest absolute Gasteiger partial charge is 0.223 e. The molecule has 4 N–H and O–H groups in total. The Bertz CT molecular complexity index is 632. The molecule has 1 aromatic carbocycles. The Balaban J connectivity index is 1.62. The monoisotopic (exact) mass is 343 g/mol. The molecule has 2 bridgehead atoms. The minimum atomic E-state index is -0.0982. The molecule has 2 saturated carbocycles. The SMILES string of the molecule is CC(=O)Nc1cccc(C(C)NC(=O)C2CC3CCCC(C2)C3N)c1. The van der Waals surface area contributed by atoms with Crippen molar-refractivity contribution in [1.82, 2.24) is 5.32 Å². The molecule has 1 aromatic rings. The van der Waals surface area contributed by atoms with Gasteiger partial charge in [0.1, 0.15) is 0 Å². The summed E-state index contributed by atoms with van der Waals surface area (Å²) in [7, 11) is 0. The van der Waals surface area contributed by atoms with Crippen molar-refractivity contribution in [2.45, 2.75) is 58.0 Å². The van der Waals surface area contributed by atoms with Crippen molar-refractivity contribution < 1.29 is 9.59 Å². The second kappa shape index (κ2) is 7.56. The van der Waals surface area contributed by atoms with E-state index in [1.807, 2.05) is 31.2 Å². The van der Waals surface area contributed by atoms with Crippen LogP contribution in [0.15, 0.2) is 24.3 Å². The number of hydrogen-bond donors (Lipinski definition) is 3. The Morgan fingerprint density at radius 3 is 2.52 bits per heavy atom. The number of rotatable bonds is 4. The summed E-state index contributed by atoms with van der Waals surface area (Å²) >= 11 is 0. The molecule has 0 spiro atoms. The van der Waals surface area contributed by atoms with Crippen LogP contribution in [0.5, 0.6) is 0 Å². The zero-order valence-corrected chi connectivity index (χ0v) is 15.1. The lowest BCUT2D eigenvalue weighted by Crippen LogP contribution is -2.49. The van der Waals surface area contributed by atoms with E-state index < -0.39 is 0 Å². The molecular weight excluding hydrogens is 314 g/mol. The molecule has 2 aliphatic rings. The Labute approximate surface area is 149 Å². The molecule has 3 unspecified atom stereocenters. The first kappa shape index (κ1) is 17.9. The Hall–Kier alpha value is -1.88. The van der Waals surface area contributed by atoms with Crippen LogP contribution in [0.3, 0.4) is 0 Å². The van der Waals surface area contributed by atoms with Crippen LogP contribution < -0.4 is 16.4 Å². The lowest BCUT2D eigenvalue weighted by molar-refractivity contribution is -0.128. The van der Waals surface area contributed by atoms with Crippen LogP contribution in [0, 0.1) is 17.8 Å². The highest BCUT2D eigenvalue weighted by Gasteiger charge is 2.40. The second-order valence-electron chi connectivity index (χ2n) is 7.73. The molecule has 0 aromatic heterocycles. The average molecular weight is 343 g/mol. The van der Waals surface area contributed by atoms with Crippen LogP contribution in [0.1, 0.15) is 57.6 Å². The first-order valence-corrected chi connectivity index (χ1v) is 9.37. The van der Waals surface area contributed by atoms with Gasteiger partial charge in [0.25, 0.3) is 0 Å². The van der Waals surface area contributed by atoms with Gasteiger partial charge in [-0.25, -0.2) is 0 Å². The quantitative estimate of drug-likeness (QED) is 0.786. The molecule has 136 valence electrons. The lowest BCUT2D eigenvalue weighted by Gasteiger charge is -2.43. The summed E-state index contributed by atoms with van der Waals surface area (Å²) in [4.78, 5) is 24.0. The van der Waals surface area contributed by atoms with Crippen LogP contribution in [0.25, 0.3) is 0 Å². The van der Waals surface area contributed by atoms with Crippen LogP contribution >= 0.6 is 0 Å². The summed E-state index contributed by atoms with van der Waals surface area (Å²) in [6.45, 7) is 3.47. The summed E-state index contributed by atoms with van der Waals surface area (Å²) in [5.74, 6) is 1.12. The van der Waals surface area contributed by atoms with E-state index in [-0.39, 0.29) is 29.8 Å². The van der Waals surface area contributed by atoms with Crippen molar-refractivity contribution in [3.05, 3.63) is 29.8 Å². The van der Waals surface area contributed by atoms with Gasteiger partial charge in [0, 0.05) is 24.6 Å². The highest BCUT2D eigenvalue weighted by atomic mass is 16.2. The van der Waals surface area contributed by atoms with Crippen LogP contribution in [-0.2, 0) is 9.59 Å². The van der Waals surface area contributed by atoms with Crippen molar-refractivity contribution in [3.8, 4) is 0 Å². The van der Waals surface area contributed by atoms with Gasteiger partial charge in [0.2, 0.25) is 11.8 Å². The van der Waals surface area contributed by atoms with Gasteiger partial charge in [-0.2, -0.15) is 0 Å². The normalized spacial score (nSPS) is 29.6. The van der Waals surface area contributed by atoms with Gasteiger partial charge < -0.3 is 16.4 Å². The van der Waals surface area contributed by atoms with Crippen molar-refractivity contribution >= 4 is 17.5 Å². The number of hydrogen-bond acceptors (Lipinski definition) is 3. The van der Waals surface area contributed by atoms with E-state index in [0.29, 0.717) is 11.8 Å². The van der Waals surface area contributed by atoms with E-state index in [1.165, 1.54) is 13.3 Å². The molecule has 25 heavy (non-hydrogen) atoms. The second-order valence-corrected chi connectivity index (χ2v) is 7.73. The first-order valence-electron chi connectivity index (χ1n) is 9.37. The zero-order valence-electron chi connectivity index (χ0n) is 15.1. The number of nitrogens with two attached hydrogens (primary N) is 1. The summed E-state index contributed by atoms with van der Waals surface area (Å²) in [6, 6.07) is 7.83. The van der Waals surface area contributed by atoms with E-state index in [4.69, 9.17) is 5.73 Å². The van der Waals surface area contributed by atoms with Crippen molar-refractivity contribution in [3.63, 3.8) is 0 Å². The number of anilines is 1. The molecule has 0 aliphatic heterocycles. The number of benzene rings is 1. The predicted octanol–water partition coefficient (Wildman–Crippen LogP) is 2.98. The maximum atomic E-state index is 12.8. The fourth-order valence-electron chi connectivity index (χ4n) is 4.51. The maximum Gasteiger partial charge on any atom is 0.223 e. The van der Waals surface area contributed by atoms with Gasteiger partial charge in [0.05, 0.1) is 6.04 Å². The molecule has 2 aliphatic carbocycles. The third-order valence-corrected chi connectivity index (χ3v) is 5.85. The van der Waals surface area contributed by atoms with Gasteiger partial charge in [-0.3, -0.25) is 9.59 Å². The van der Waals surface area contributed by atoms with Crippen molar-refractivity contribution in [1.29, 1.82) is 0 Å². The first-order chi connectivity index (χ1) is 11.9. The Morgan fingerprint density at radius 1 is 1.20 bits per heavy atom. The fraction of sp³-hybridized carbons (Fsp3) is 0.600. The van der Waals surface area contributed by atoms with Gasteiger partial charge >= 0.3 is 0 Å².